The molecular formula is C23H29NO6. The first-order valence-electron chi connectivity index (χ1n) is 9.92. The van der Waals surface area contributed by atoms with Crippen molar-refractivity contribution in [2.24, 2.45) is 5.16 Å². The normalized spacial score (nSPS) is 27.2. The molecular weight excluding hydrogens is 386 g/mol. The third-order valence-corrected chi connectivity index (χ3v) is 5.59. The van der Waals surface area contributed by atoms with E-state index in [1.165, 1.54) is 7.11 Å². The van der Waals surface area contributed by atoms with Gasteiger partial charge in [0.1, 0.15) is 37.6 Å². The van der Waals surface area contributed by atoms with Crippen LogP contribution >= 0.6 is 0 Å². The Balaban J connectivity index is 1.82. The van der Waals surface area contributed by atoms with E-state index in [4.69, 9.17) is 9.57 Å². The standard InChI is InChI=1S/C23H29NO6/c1-13-4-7-17(23-22(28)21(27)20(26)19(12-25)30-23)11-18(13)10-15-5-8-16(9-6-15)14(2)24-29-3/h4-9,11,19-23,25-28H,10,12H2,1-3H3/b24-14+/t19-,20-,21+,22-,23+/m1/s1. The van der Waals surface area contributed by atoms with Crippen LogP contribution in [0.15, 0.2) is 47.6 Å². The highest BCUT2D eigenvalue weighted by Crippen LogP contribution is 2.33. The van der Waals surface area contributed by atoms with E-state index in [1.54, 1.807) is 0 Å². The Hall–Kier alpha value is -2.29. The lowest BCUT2D eigenvalue weighted by molar-refractivity contribution is -0.231. The van der Waals surface area contributed by atoms with Crippen LogP contribution in [0.5, 0.6) is 0 Å². The topological polar surface area (TPSA) is 112 Å². The largest absolute Gasteiger partial charge is 0.399 e. The number of oxime groups is 1. The van der Waals surface area contributed by atoms with Crippen molar-refractivity contribution in [2.45, 2.75) is 50.8 Å². The summed E-state index contributed by atoms with van der Waals surface area (Å²) in [6.07, 6.45) is -5.14. The van der Waals surface area contributed by atoms with Gasteiger partial charge in [0.25, 0.3) is 0 Å². The minimum absolute atomic E-state index is 0.446. The van der Waals surface area contributed by atoms with Crippen molar-refractivity contribution in [1.29, 1.82) is 0 Å². The van der Waals surface area contributed by atoms with Crippen LogP contribution in [0.4, 0.5) is 0 Å². The van der Waals surface area contributed by atoms with Gasteiger partial charge in [0.15, 0.2) is 0 Å². The van der Waals surface area contributed by atoms with E-state index in [2.05, 4.69) is 5.16 Å². The summed E-state index contributed by atoms with van der Waals surface area (Å²) in [7, 11) is 1.52. The third kappa shape index (κ3) is 4.71. The Morgan fingerprint density at radius 1 is 1.03 bits per heavy atom. The van der Waals surface area contributed by atoms with Gasteiger partial charge in [-0.1, -0.05) is 47.6 Å². The predicted molar refractivity (Wildman–Crippen MR) is 112 cm³/mol. The molecule has 0 aromatic heterocycles. The third-order valence-electron chi connectivity index (χ3n) is 5.59. The highest BCUT2D eigenvalue weighted by Gasteiger charge is 2.43. The lowest BCUT2D eigenvalue weighted by atomic mass is 9.89. The van der Waals surface area contributed by atoms with Crippen molar-refractivity contribution in [2.75, 3.05) is 13.7 Å². The first-order valence-corrected chi connectivity index (χ1v) is 9.92. The number of aliphatic hydroxyl groups is 4. The molecule has 30 heavy (non-hydrogen) atoms. The molecule has 5 atom stereocenters. The maximum atomic E-state index is 10.4. The molecule has 0 radical (unpaired) electrons. The van der Waals surface area contributed by atoms with Crippen molar-refractivity contribution in [3.05, 3.63) is 70.3 Å². The van der Waals surface area contributed by atoms with E-state index in [9.17, 15) is 20.4 Å². The molecule has 0 bridgehead atoms. The van der Waals surface area contributed by atoms with Gasteiger partial charge in [-0.25, -0.2) is 0 Å². The zero-order valence-corrected chi connectivity index (χ0v) is 17.4. The van der Waals surface area contributed by atoms with Crippen LogP contribution in [0.2, 0.25) is 0 Å². The first-order chi connectivity index (χ1) is 14.3. The Kier molecular flexibility index (Phi) is 7.23. The van der Waals surface area contributed by atoms with Gasteiger partial charge in [-0.05, 0) is 48.1 Å². The Bertz CT molecular complexity index is 880. The van der Waals surface area contributed by atoms with Crippen LogP contribution in [-0.2, 0) is 16.0 Å². The molecule has 1 fully saturated rings. The second-order valence-corrected chi connectivity index (χ2v) is 7.67. The summed E-state index contributed by atoms with van der Waals surface area (Å²) in [4.78, 5) is 4.82. The van der Waals surface area contributed by atoms with Crippen LogP contribution in [0.3, 0.4) is 0 Å². The van der Waals surface area contributed by atoms with Gasteiger partial charge in [-0.15, -0.1) is 0 Å². The molecule has 7 nitrogen and oxygen atoms in total. The first kappa shape index (κ1) is 22.4. The monoisotopic (exact) mass is 415 g/mol. The summed E-state index contributed by atoms with van der Waals surface area (Å²) < 4.78 is 5.69. The second-order valence-electron chi connectivity index (χ2n) is 7.67. The lowest BCUT2D eigenvalue weighted by Crippen LogP contribution is -2.55. The van der Waals surface area contributed by atoms with E-state index >= 15 is 0 Å². The quantitative estimate of drug-likeness (QED) is 0.420. The number of rotatable bonds is 6. The Morgan fingerprint density at radius 2 is 1.73 bits per heavy atom. The fourth-order valence-electron chi connectivity index (χ4n) is 3.71. The van der Waals surface area contributed by atoms with E-state index in [0.29, 0.717) is 12.0 Å². The number of hydrogen-bond acceptors (Lipinski definition) is 7. The van der Waals surface area contributed by atoms with Crippen LogP contribution in [0.1, 0.15) is 40.8 Å². The molecule has 0 aliphatic carbocycles. The second kappa shape index (κ2) is 9.68. The molecule has 0 saturated carbocycles. The van der Waals surface area contributed by atoms with Crippen LogP contribution in [-0.4, -0.2) is 64.3 Å². The summed E-state index contributed by atoms with van der Waals surface area (Å²) in [6.45, 7) is 3.45. The van der Waals surface area contributed by atoms with E-state index in [1.807, 2.05) is 56.3 Å². The zero-order valence-electron chi connectivity index (χ0n) is 17.4. The van der Waals surface area contributed by atoms with Crippen LogP contribution in [0.25, 0.3) is 0 Å². The predicted octanol–water partition coefficient (Wildman–Crippen LogP) is 1.47. The maximum Gasteiger partial charge on any atom is 0.113 e. The summed E-state index contributed by atoms with van der Waals surface area (Å²) in [5, 5.41) is 43.9. The molecule has 1 aliphatic heterocycles. The van der Waals surface area contributed by atoms with Crippen molar-refractivity contribution in [3.63, 3.8) is 0 Å². The fourth-order valence-corrected chi connectivity index (χ4v) is 3.71. The smallest absolute Gasteiger partial charge is 0.113 e. The number of aliphatic hydroxyl groups excluding tert-OH is 4. The molecule has 2 aromatic carbocycles. The minimum Gasteiger partial charge on any atom is -0.399 e. The molecule has 0 spiro atoms. The van der Waals surface area contributed by atoms with Gasteiger partial charge < -0.3 is 30.0 Å². The van der Waals surface area contributed by atoms with E-state index in [-0.39, 0.29) is 0 Å². The molecule has 3 rings (SSSR count). The van der Waals surface area contributed by atoms with Gasteiger partial charge in [0, 0.05) is 0 Å². The van der Waals surface area contributed by atoms with Crippen molar-refractivity contribution in [3.8, 4) is 0 Å². The number of hydrogen-bond donors (Lipinski definition) is 4. The number of nitrogens with zero attached hydrogens (tertiary/aromatic N) is 1. The van der Waals surface area contributed by atoms with Crippen molar-refractivity contribution in [1.82, 2.24) is 0 Å². The molecule has 4 N–H and O–H groups in total. The van der Waals surface area contributed by atoms with Crippen molar-refractivity contribution < 1.29 is 30.0 Å². The molecule has 1 heterocycles. The van der Waals surface area contributed by atoms with E-state index < -0.39 is 37.1 Å². The minimum atomic E-state index is -1.39. The number of ether oxygens (including phenoxy) is 1. The van der Waals surface area contributed by atoms with Gasteiger partial charge in [-0.3, -0.25) is 0 Å². The molecule has 1 saturated heterocycles. The molecule has 0 amide bonds. The molecule has 0 unspecified atom stereocenters. The highest BCUT2D eigenvalue weighted by molar-refractivity contribution is 5.98. The molecule has 162 valence electrons. The maximum absolute atomic E-state index is 10.4. The molecule has 2 aromatic rings. The van der Waals surface area contributed by atoms with E-state index in [0.717, 1.165) is 28.0 Å². The van der Waals surface area contributed by atoms with Gasteiger partial charge in [-0.2, -0.15) is 0 Å². The SMILES string of the molecule is CO/N=C(\C)c1ccc(Cc2cc([C@@H]3O[C@H](CO)[C@@H](O)[C@H](O)[C@H]3O)ccc2C)cc1. The van der Waals surface area contributed by atoms with Crippen molar-refractivity contribution >= 4 is 5.71 Å². The van der Waals surface area contributed by atoms with Gasteiger partial charge in [0.2, 0.25) is 0 Å². The summed E-state index contributed by atoms with van der Waals surface area (Å²) in [6, 6.07) is 13.8. The molecule has 1 aliphatic rings. The van der Waals surface area contributed by atoms with Crippen LogP contribution < -0.4 is 0 Å². The Labute approximate surface area is 176 Å². The van der Waals surface area contributed by atoms with Gasteiger partial charge in [0.05, 0.1) is 12.3 Å². The lowest BCUT2D eigenvalue weighted by Gasteiger charge is -2.40. The average molecular weight is 415 g/mol. The van der Waals surface area contributed by atoms with Gasteiger partial charge >= 0.3 is 0 Å². The average Bonchev–Trinajstić information content (AvgIpc) is 2.75. The number of aryl methyl sites for hydroxylation is 1. The summed E-state index contributed by atoms with van der Waals surface area (Å²) in [5.74, 6) is 0. The zero-order chi connectivity index (χ0) is 21.8. The fraction of sp³-hybridized carbons (Fsp3) is 0.435. The number of benzene rings is 2. The molecule has 7 heteroatoms. The Morgan fingerprint density at radius 3 is 2.37 bits per heavy atom. The van der Waals surface area contributed by atoms with Crippen LogP contribution in [0, 0.1) is 6.92 Å². The summed E-state index contributed by atoms with van der Waals surface area (Å²) in [5.41, 5.74) is 5.71. The summed E-state index contributed by atoms with van der Waals surface area (Å²) >= 11 is 0. The highest BCUT2D eigenvalue weighted by atomic mass is 16.6.